The second-order valence-electron chi connectivity index (χ2n) is 5.57. The maximum atomic E-state index is 13.2. The van der Waals surface area contributed by atoms with Crippen LogP contribution in [-0.4, -0.2) is 6.54 Å². The smallest absolute Gasteiger partial charge is 0.123 e. The van der Waals surface area contributed by atoms with Gasteiger partial charge < -0.3 is 0 Å². The number of rotatable bonds is 7. The number of benzene rings is 3. The summed E-state index contributed by atoms with van der Waals surface area (Å²) >= 11 is 0. The van der Waals surface area contributed by atoms with Crippen LogP contribution >= 0.6 is 0 Å². The van der Waals surface area contributed by atoms with Gasteiger partial charge in [-0.25, -0.2) is 4.39 Å². The van der Waals surface area contributed by atoms with Gasteiger partial charge in [-0.1, -0.05) is 60.7 Å². The van der Waals surface area contributed by atoms with Gasteiger partial charge in [0.25, 0.3) is 0 Å². The average molecular weight is 321 g/mol. The summed E-state index contributed by atoms with van der Waals surface area (Å²) in [6.07, 6.45) is 0.854. The predicted octanol–water partition coefficient (Wildman–Crippen LogP) is 5.01. The van der Waals surface area contributed by atoms with Gasteiger partial charge in [0.15, 0.2) is 0 Å². The van der Waals surface area contributed by atoms with Crippen LogP contribution in [0.15, 0.2) is 84.9 Å². The predicted molar refractivity (Wildman–Crippen MR) is 95.1 cm³/mol. The molecule has 0 fully saturated rings. The van der Waals surface area contributed by atoms with E-state index in [4.69, 9.17) is 4.84 Å². The second-order valence-corrected chi connectivity index (χ2v) is 5.57. The van der Waals surface area contributed by atoms with Gasteiger partial charge >= 0.3 is 0 Å². The molecule has 2 nitrogen and oxygen atoms in total. The van der Waals surface area contributed by atoms with Crippen molar-refractivity contribution in [2.24, 2.45) is 0 Å². The molecule has 0 saturated carbocycles. The van der Waals surface area contributed by atoms with E-state index in [0.717, 1.165) is 17.7 Å². The van der Waals surface area contributed by atoms with E-state index >= 15 is 0 Å². The Balaban J connectivity index is 1.69. The van der Waals surface area contributed by atoms with Crippen LogP contribution in [0, 0.1) is 5.82 Å². The van der Waals surface area contributed by atoms with Gasteiger partial charge in [-0.2, -0.15) is 0 Å². The molecule has 3 heteroatoms. The van der Waals surface area contributed by atoms with Crippen molar-refractivity contribution < 1.29 is 9.23 Å². The number of hydrogen-bond acceptors (Lipinski definition) is 2. The number of nitrogens with zero attached hydrogens (tertiary/aromatic N) is 1. The van der Waals surface area contributed by atoms with Crippen LogP contribution in [0.1, 0.15) is 11.1 Å². The van der Waals surface area contributed by atoms with Crippen LogP contribution in [0.2, 0.25) is 0 Å². The minimum Gasteiger partial charge on any atom is -0.269 e. The fourth-order valence-electron chi connectivity index (χ4n) is 2.48. The molecule has 0 unspecified atom stereocenters. The van der Waals surface area contributed by atoms with Gasteiger partial charge in [-0.3, -0.25) is 9.90 Å². The average Bonchev–Trinajstić information content (AvgIpc) is 2.64. The zero-order chi connectivity index (χ0) is 16.6. The highest BCUT2D eigenvalue weighted by Gasteiger charge is 2.08. The third-order valence-corrected chi connectivity index (χ3v) is 3.79. The minimum atomic E-state index is -0.246. The van der Waals surface area contributed by atoms with Crippen LogP contribution in [0.5, 0.6) is 0 Å². The molecule has 0 aromatic heterocycles. The Bertz CT molecular complexity index is 685. The maximum Gasteiger partial charge on any atom is 0.123 e. The van der Waals surface area contributed by atoms with Crippen molar-refractivity contribution in [2.75, 3.05) is 11.6 Å². The molecule has 0 saturated heterocycles. The fraction of sp³-hybridized carbons (Fsp3) is 0.143. The van der Waals surface area contributed by atoms with E-state index in [-0.39, 0.29) is 5.82 Å². The van der Waals surface area contributed by atoms with Crippen LogP contribution in [-0.2, 0) is 17.9 Å². The molecule has 0 amide bonds. The van der Waals surface area contributed by atoms with Gasteiger partial charge in [-0.05, 0) is 41.8 Å². The lowest BCUT2D eigenvalue weighted by Crippen LogP contribution is -2.26. The molecule has 0 heterocycles. The summed E-state index contributed by atoms with van der Waals surface area (Å²) in [6.45, 7) is 1.18. The van der Waals surface area contributed by atoms with Crippen molar-refractivity contribution in [3.63, 3.8) is 0 Å². The van der Waals surface area contributed by atoms with Crippen LogP contribution in [0.3, 0.4) is 0 Å². The van der Waals surface area contributed by atoms with E-state index in [1.165, 1.54) is 17.7 Å². The van der Waals surface area contributed by atoms with E-state index in [9.17, 15) is 4.39 Å². The van der Waals surface area contributed by atoms with E-state index in [1.807, 2.05) is 53.6 Å². The Morgan fingerprint density at radius 1 is 0.708 bits per heavy atom. The molecule has 0 aliphatic heterocycles. The fourth-order valence-corrected chi connectivity index (χ4v) is 2.48. The van der Waals surface area contributed by atoms with Gasteiger partial charge in [-0.15, -0.1) is 0 Å². The first kappa shape index (κ1) is 16.2. The summed E-state index contributed by atoms with van der Waals surface area (Å²) in [4.78, 5) is 5.99. The first-order valence-electron chi connectivity index (χ1n) is 8.05. The molecule has 3 aromatic carbocycles. The summed E-state index contributed by atoms with van der Waals surface area (Å²) in [6, 6.07) is 26.7. The molecule has 0 aliphatic rings. The van der Waals surface area contributed by atoms with Crippen molar-refractivity contribution in [1.29, 1.82) is 0 Å². The first-order chi connectivity index (χ1) is 11.8. The summed E-state index contributed by atoms with van der Waals surface area (Å²) in [5.41, 5.74) is 3.19. The minimum absolute atomic E-state index is 0.246. The van der Waals surface area contributed by atoms with E-state index in [0.29, 0.717) is 13.2 Å². The normalized spacial score (nSPS) is 10.5. The Hall–Kier alpha value is -2.65. The Kier molecular flexibility index (Phi) is 5.59. The van der Waals surface area contributed by atoms with Crippen molar-refractivity contribution in [3.8, 4) is 0 Å². The lowest BCUT2D eigenvalue weighted by molar-refractivity contribution is 0.0949. The molecular formula is C21H20FNO. The molecule has 24 heavy (non-hydrogen) atoms. The molecule has 0 radical (unpaired) electrons. The van der Waals surface area contributed by atoms with Crippen molar-refractivity contribution in [3.05, 3.63) is 102 Å². The molecular weight excluding hydrogens is 301 g/mol. The van der Waals surface area contributed by atoms with Gasteiger partial charge in [0.2, 0.25) is 0 Å². The number of hydroxylamine groups is 1. The molecule has 3 aromatic rings. The standard InChI is InChI=1S/C21H20FNO/c22-20-11-13-21(14-12-20)23(16-15-18-7-3-1-4-8-18)24-17-19-9-5-2-6-10-19/h1-14H,15-17H2. The van der Waals surface area contributed by atoms with Gasteiger partial charge in [0, 0.05) is 6.54 Å². The highest BCUT2D eigenvalue weighted by molar-refractivity contribution is 5.44. The molecule has 0 spiro atoms. The SMILES string of the molecule is Fc1ccc(N(CCc2ccccc2)OCc2ccccc2)cc1. The number of hydrogen-bond donors (Lipinski definition) is 0. The summed E-state index contributed by atoms with van der Waals surface area (Å²) in [7, 11) is 0. The van der Waals surface area contributed by atoms with E-state index in [1.54, 1.807) is 12.1 Å². The molecule has 122 valence electrons. The first-order valence-corrected chi connectivity index (χ1v) is 8.05. The zero-order valence-corrected chi connectivity index (χ0v) is 13.4. The van der Waals surface area contributed by atoms with Gasteiger partial charge in [0.1, 0.15) is 5.82 Å². The Morgan fingerprint density at radius 2 is 1.29 bits per heavy atom. The second kappa shape index (κ2) is 8.27. The van der Waals surface area contributed by atoms with Crippen molar-refractivity contribution in [2.45, 2.75) is 13.0 Å². The zero-order valence-electron chi connectivity index (χ0n) is 13.4. The van der Waals surface area contributed by atoms with E-state index < -0.39 is 0 Å². The largest absolute Gasteiger partial charge is 0.269 e. The van der Waals surface area contributed by atoms with E-state index in [2.05, 4.69) is 12.1 Å². The molecule has 0 N–H and O–H groups in total. The van der Waals surface area contributed by atoms with Crippen LogP contribution in [0.4, 0.5) is 10.1 Å². The topological polar surface area (TPSA) is 12.5 Å². The third kappa shape index (κ3) is 4.67. The lowest BCUT2D eigenvalue weighted by Gasteiger charge is -2.24. The van der Waals surface area contributed by atoms with Crippen LogP contribution in [0.25, 0.3) is 0 Å². The summed E-state index contributed by atoms with van der Waals surface area (Å²) in [5, 5.41) is 1.83. The Labute approximate surface area is 142 Å². The monoisotopic (exact) mass is 321 g/mol. The van der Waals surface area contributed by atoms with Crippen molar-refractivity contribution >= 4 is 5.69 Å². The highest BCUT2D eigenvalue weighted by atomic mass is 19.1. The lowest BCUT2D eigenvalue weighted by atomic mass is 10.1. The number of anilines is 1. The molecule has 3 rings (SSSR count). The molecule has 0 atom stereocenters. The quantitative estimate of drug-likeness (QED) is 0.567. The number of halogens is 1. The summed E-state index contributed by atoms with van der Waals surface area (Å²) in [5.74, 6) is -0.246. The highest BCUT2D eigenvalue weighted by Crippen LogP contribution is 2.17. The molecule has 0 bridgehead atoms. The van der Waals surface area contributed by atoms with Gasteiger partial charge in [0.05, 0.1) is 12.3 Å². The third-order valence-electron chi connectivity index (χ3n) is 3.79. The van der Waals surface area contributed by atoms with Crippen molar-refractivity contribution in [1.82, 2.24) is 0 Å². The maximum absolute atomic E-state index is 13.2. The molecule has 0 aliphatic carbocycles. The Morgan fingerprint density at radius 3 is 1.92 bits per heavy atom. The van der Waals surface area contributed by atoms with Crippen LogP contribution < -0.4 is 5.06 Å². The summed E-state index contributed by atoms with van der Waals surface area (Å²) < 4.78 is 13.2.